The van der Waals surface area contributed by atoms with Crippen LogP contribution >= 0.6 is 23.1 Å². The van der Waals surface area contributed by atoms with Crippen molar-refractivity contribution in [1.29, 1.82) is 0 Å². The van der Waals surface area contributed by atoms with Crippen LogP contribution in [0.25, 0.3) is 0 Å². The average Bonchev–Trinajstić information content (AvgIpc) is 3.24. The molecular formula is C17H17FN4O2S2. The molecule has 1 aromatic carbocycles. The molecule has 0 radical (unpaired) electrons. The quantitative estimate of drug-likeness (QED) is 0.594. The molecule has 0 aliphatic carbocycles. The number of hydrogen-bond acceptors (Lipinski definition) is 7. The highest BCUT2D eigenvalue weighted by Crippen LogP contribution is 2.18. The Kier molecular flexibility index (Phi) is 6.35. The van der Waals surface area contributed by atoms with Gasteiger partial charge in [0.1, 0.15) is 5.82 Å². The summed E-state index contributed by atoms with van der Waals surface area (Å²) >= 11 is 2.74. The van der Waals surface area contributed by atoms with Gasteiger partial charge in [0.05, 0.1) is 22.9 Å². The summed E-state index contributed by atoms with van der Waals surface area (Å²) in [6.07, 6.45) is 0.924. The second-order valence-electron chi connectivity index (χ2n) is 5.48. The lowest BCUT2D eigenvalue weighted by Gasteiger charge is -2.05. The summed E-state index contributed by atoms with van der Waals surface area (Å²) in [4.78, 5) is 16.2. The van der Waals surface area contributed by atoms with Crippen molar-refractivity contribution in [3.8, 4) is 0 Å². The van der Waals surface area contributed by atoms with E-state index in [2.05, 4.69) is 20.5 Å². The number of thioether (sulfide) groups is 1. The normalized spacial score (nSPS) is 10.8. The number of amides is 1. The minimum absolute atomic E-state index is 0.161. The number of aryl methyl sites for hydroxylation is 1. The van der Waals surface area contributed by atoms with Gasteiger partial charge in [0.15, 0.2) is 0 Å². The fourth-order valence-electron chi connectivity index (χ4n) is 2.23. The van der Waals surface area contributed by atoms with Gasteiger partial charge in [-0.15, -0.1) is 21.5 Å². The first-order valence-electron chi connectivity index (χ1n) is 7.96. The van der Waals surface area contributed by atoms with E-state index in [1.54, 1.807) is 29.5 Å². The number of nitrogens with one attached hydrogen (secondary N) is 1. The van der Waals surface area contributed by atoms with Crippen LogP contribution < -0.4 is 5.32 Å². The molecule has 0 atom stereocenters. The smallest absolute Gasteiger partial charge is 0.277 e. The number of nitrogens with zero attached hydrogens (tertiary/aromatic N) is 3. The zero-order valence-electron chi connectivity index (χ0n) is 14.1. The third-order valence-corrected chi connectivity index (χ3v) is 5.09. The van der Waals surface area contributed by atoms with Crippen LogP contribution in [0.15, 0.2) is 39.3 Å². The molecule has 3 aromatic rings. The molecule has 0 saturated heterocycles. The lowest BCUT2D eigenvalue weighted by molar-refractivity contribution is -0.118. The summed E-state index contributed by atoms with van der Waals surface area (Å²) in [5.41, 5.74) is 1.47. The third-order valence-electron chi connectivity index (χ3n) is 3.45. The summed E-state index contributed by atoms with van der Waals surface area (Å²) in [7, 11) is 0. The van der Waals surface area contributed by atoms with Crippen molar-refractivity contribution in [2.45, 2.75) is 25.0 Å². The number of carbonyl (C=O) groups excluding carboxylic acids is 1. The van der Waals surface area contributed by atoms with Crippen LogP contribution in [0.5, 0.6) is 0 Å². The van der Waals surface area contributed by atoms with E-state index in [0.29, 0.717) is 36.1 Å². The van der Waals surface area contributed by atoms with Crippen LogP contribution in [-0.2, 0) is 17.6 Å². The maximum Gasteiger partial charge on any atom is 0.277 e. The number of rotatable bonds is 8. The van der Waals surface area contributed by atoms with Gasteiger partial charge in [0.25, 0.3) is 5.22 Å². The molecule has 0 bridgehead atoms. The molecule has 136 valence electrons. The third kappa shape index (κ3) is 5.37. The van der Waals surface area contributed by atoms with Crippen molar-refractivity contribution >= 4 is 29.0 Å². The maximum atomic E-state index is 13.5. The standard InChI is InChI=1S/C17H17FN4O2S2/c1-11-20-13(9-25-11)8-16-21-22-17(24-16)26-10-15(23)19-7-6-12-4-2-3-5-14(12)18/h2-5,9H,6-8,10H2,1H3,(H,19,23). The monoisotopic (exact) mass is 392 g/mol. The van der Waals surface area contributed by atoms with E-state index in [9.17, 15) is 9.18 Å². The van der Waals surface area contributed by atoms with Crippen LogP contribution in [0.1, 0.15) is 22.2 Å². The summed E-state index contributed by atoms with van der Waals surface area (Å²) in [5.74, 6) is 0.207. The van der Waals surface area contributed by atoms with Crippen LogP contribution in [0, 0.1) is 12.7 Å². The Morgan fingerprint density at radius 1 is 1.35 bits per heavy atom. The SMILES string of the molecule is Cc1nc(Cc2nnc(SCC(=O)NCCc3ccccc3F)o2)cs1. The van der Waals surface area contributed by atoms with Gasteiger partial charge in [0.2, 0.25) is 11.8 Å². The minimum atomic E-state index is -0.259. The summed E-state index contributed by atoms with van der Waals surface area (Å²) in [6, 6.07) is 6.53. The van der Waals surface area contributed by atoms with Crippen molar-refractivity contribution in [3.63, 3.8) is 0 Å². The van der Waals surface area contributed by atoms with Crippen molar-refractivity contribution < 1.29 is 13.6 Å². The lowest BCUT2D eigenvalue weighted by Crippen LogP contribution is -2.27. The zero-order valence-corrected chi connectivity index (χ0v) is 15.7. The van der Waals surface area contributed by atoms with Gasteiger partial charge in [-0.2, -0.15) is 0 Å². The second kappa shape index (κ2) is 8.91. The first-order valence-corrected chi connectivity index (χ1v) is 9.83. The number of aromatic nitrogens is 3. The number of carbonyl (C=O) groups is 1. The van der Waals surface area contributed by atoms with Crippen molar-refractivity contribution in [3.05, 3.63) is 57.6 Å². The molecule has 2 aromatic heterocycles. The molecule has 9 heteroatoms. The zero-order chi connectivity index (χ0) is 18.4. The average molecular weight is 392 g/mol. The second-order valence-corrected chi connectivity index (χ2v) is 7.47. The molecule has 26 heavy (non-hydrogen) atoms. The van der Waals surface area contributed by atoms with Crippen molar-refractivity contribution in [1.82, 2.24) is 20.5 Å². The van der Waals surface area contributed by atoms with Gasteiger partial charge >= 0.3 is 0 Å². The molecular weight excluding hydrogens is 375 g/mol. The van der Waals surface area contributed by atoms with E-state index in [4.69, 9.17) is 4.42 Å². The lowest BCUT2D eigenvalue weighted by atomic mass is 10.1. The van der Waals surface area contributed by atoms with Gasteiger partial charge < -0.3 is 9.73 Å². The Hall–Kier alpha value is -2.26. The first-order chi connectivity index (χ1) is 12.6. The Morgan fingerprint density at radius 3 is 2.96 bits per heavy atom. The van der Waals surface area contributed by atoms with Gasteiger partial charge in [-0.1, -0.05) is 30.0 Å². The first kappa shape index (κ1) is 18.5. The molecule has 0 aliphatic heterocycles. The minimum Gasteiger partial charge on any atom is -0.416 e. The molecule has 0 saturated carbocycles. The van der Waals surface area contributed by atoms with Gasteiger partial charge in [-0.05, 0) is 25.0 Å². The molecule has 1 N–H and O–H groups in total. The molecule has 6 nitrogen and oxygen atoms in total. The predicted octanol–water partition coefficient (Wildman–Crippen LogP) is 3.02. The Balaban J connectivity index is 1.40. The molecule has 3 rings (SSSR count). The number of thiazole rings is 1. The number of hydrogen-bond donors (Lipinski definition) is 1. The summed E-state index contributed by atoms with van der Waals surface area (Å²) < 4.78 is 19.0. The molecule has 0 aliphatic rings. The van der Waals surface area contributed by atoms with E-state index in [-0.39, 0.29) is 17.5 Å². The fraction of sp³-hybridized carbons (Fsp3) is 0.294. The predicted molar refractivity (Wildman–Crippen MR) is 97.8 cm³/mol. The number of benzene rings is 1. The van der Waals surface area contributed by atoms with Gasteiger partial charge in [-0.25, -0.2) is 9.37 Å². The number of halogens is 1. The van der Waals surface area contributed by atoms with E-state index < -0.39 is 0 Å². The van der Waals surface area contributed by atoms with Crippen LogP contribution in [0.4, 0.5) is 4.39 Å². The molecule has 1 amide bonds. The molecule has 0 unspecified atom stereocenters. The summed E-state index contributed by atoms with van der Waals surface area (Å²) in [5, 5.41) is 13.9. The van der Waals surface area contributed by atoms with Crippen molar-refractivity contribution in [2.24, 2.45) is 0 Å². The highest BCUT2D eigenvalue weighted by molar-refractivity contribution is 7.99. The van der Waals surface area contributed by atoms with E-state index >= 15 is 0 Å². The van der Waals surface area contributed by atoms with Crippen LogP contribution in [0.3, 0.4) is 0 Å². The largest absolute Gasteiger partial charge is 0.416 e. The highest BCUT2D eigenvalue weighted by atomic mass is 32.2. The Morgan fingerprint density at radius 2 is 2.19 bits per heavy atom. The topological polar surface area (TPSA) is 80.9 Å². The van der Waals surface area contributed by atoms with E-state index in [0.717, 1.165) is 10.7 Å². The van der Waals surface area contributed by atoms with Crippen molar-refractivity contribution in [2.75, 3.05) is 12.3 Å². The fourth-order valence-corrected chi connectivity index (χ4v) is 3.45. The molecule has 0 fully saturated rings. The van der Waals surface area contributed by atoms with Gasteiger partial charge in [0, 0.05) is 11.9 Å². The Bertz CT molecular complexity index is 881. The maximum absolute atomic E-state index is 13.5. The van der Waals surface area contributed by atoms with E-state index in [1.165, 1.54) is 17.8 Å². The van der Waals surface area contributed by atoms with Gasteiger partial charge in [-0.3, -0.25) is 4.79 Å². The van der Waals surface area contributed by atoms with E-state index in [1.807, 2.05) is 12.3 Å². The van der Waals surface area contributed by atoms with Crippen LogP contribution in [-0.4, -0.2) is 33.4 Å². The highest BCUT2D eigenvalue weighted by Gasteiger charge is 2.11. The van der Waals surface area contributed by atoms with Crippen LogP contribution in [0.2, 0.25) is 0 Å². The molecule has 2 heterocycles. The molecule has 0 spiro atoms. The Labute approximate surface area is 158 Å². The summed E-state index contributed by atoms with van der Waals surface area (Å²) in [6.45, 7) is 2.31.